The van der Waals surface area contributed by atoms with Gasteiger partial charge in [-0.05, 0) is 12.1 Å². The van der Waals surface area contributed by atoms with Crippen LogP contribution in [0.4, 0.5) is 5.82 Å². The average molecular weight is 247 g/mol. The van der Waals surface area contributed by atoms with Crippen molar-refractivity contribution in [2.75, 3.05) is 30.4 Å². The fourth-order valence-corrected chi connectivity index (χ4v) is 2.05. The Balaban J connectivity index is 2.02. The van der Waals surface area contributed by atoms with Crippen LogP contribution in [0.15, 0.2) is 12.1 Å². The molecule has 0 radical (unpaired) electrons. The number of hydrogen-bond donors (Lipinski definition) is 1. The maximum Gasteiger partial charge on any atom is 0.151 e. The topological polar surface area (TPSA) is 55.0 Å². The highest BCUT2D eigenvalue weighted by molar-refractivity contribution is 6.29. The van der Waals surface area contributed by atoms with E-state index in [1.54, 1.807) is 6.07 Å². The van der Waals surface area contributed by atoms with E-state index in [0.717, 1.165) is 18.9 Å². The van der Waals surface area contributed by atoms with Crippen molar-refractivity contribution in [3.05, 3.63) is 17.3 Å². The predicted molar refractivity (Wildman–Crippen MR) is 61.5 cm³/mol. The minimum atomic E-state index is 0.0445. The van der Waals surface area contributed by atoms with Gasteiger partial charge >= 0.3 is 0 Å². The Bertz CT molecular complexity index is 328. The van der Waals surface area contributed by atoms with Gasteiger partial charge in [-0.15, -0.1) is 21.8 Å². The van der Waals surface area contributed by atoms with Crippen LogP contribution in [0.1, 0.15) is 0 Å². The number of nitrogens with two attached hydrogens (primary N) is 1. The second kappa shape index (κ2) is 4.12. The molecule has 0 unspecified atom stereocenters. The molecule has 1 aromatic heterocycles. The van der Waals surface area contributed by atoms with Crippen LogP contribution in [0, 0.1) is 5.41 Å². The summed E-state index contributed by atoms with van der Waals surface area (Å²) in [7, 11) is 0. The lowest BCUT2D eigenvalue weighted by atomic mass is 9.82. The predicted octanol–water partition coefficient (Wildman–Crippen LogP) is 1.13. The Hall–Kier alpha value is -0.580. The molecule has 2 heterocycles. The molecule has 1 aliphatic rings. The summed E-state index contributed by atoms with van der Waals surface area (Å²) in [5, 5.41) is 8.19. The quantitative estimate of drug-likeness (QED) is 0.813. The Kier molecular flexibility index (Phi) is 3.00. The van der Waals surface area contributed by atoms with E-state index < -0.39 is 0 Å². The van der Waals surface area contributed by atoms with Crippen LogP contribution in [0.2, 0.25) is 5.15 Å². The zero-order valence-corrected chi connectivity index (χ0v) is 9.67. The third-order valence-corrected chi connectivity index (χ3v) is 3.48. The fourth-order valence-electron chi connectivity index (χ4n) is 1.67. The Morgan fingerprint density at radius 2 is 2.13 bits per heavy atom. The van der Waals surface area contributed by atoms with Crippen molar-refractivity contribution in [3.63, 3.8) is 0 Å². The van der Waals surface area contributed by atoms with E-state index in [0.29, 0.717) is 17.6 Å². The van der Waals surface area contributed by atoms with Crippen molar-refractivity contribution in [1.29, 1.82) is 0 Å². The molecule has 1 saturated heterocycles. The second-order valence-corrected chi connectivity index (χ2v) is 4.56. The lowest BCUT2D eigenvalue weighted by Gasteiger charge is -2.49. The maximum absolute atomic E-state index is 5.87. The molecule has 0 atom stereocenters. The molecular formula is C9H12Cl2N4. The zero-order valence-electron chi connectivity index (χ0n) is 8.16. The van der Waals surface area contributed by atoms with Gasteiger partial charge in [0.25, 0.3) is 0 Å². The van der Waals surface area contributed by atoms with Crippen LogP contribution >= 0.6 is 23.2 Å². The molecule has 1 aromatic rings. The van der Waals surface area contributed by atoms with E-state index in [2.05, 4.69) is 15.1 Å². The standard InChI is InChI=1S/C9H12Cl2N4/c10-3-9(4-12)5-15(6-9)8-2-1-7(11)13-14-8/h1-2H,3-6,12H2. The number of alkyl halides is 1. The van der Waals surface area contributed by atoms with Crippen molar-refractivity contribution in [2.24, 2.45) is 11.1 Å². The number of aromatic nitrogens is 2. The molecule has 2 N–H and O–H groups in total. The van der Waals surface area contributed by atoms with Gasteiger partial charge in [-0.3, -0.25) is 0 Å². The maximum atomic E-state index is 5.87. The molecule has 6 heteroatoms. The highest BCUT2D eigenvalue weighted by Crippen LogP contribution is 2.33. The second-order valence-electron chi connectivity index (χ2n) is 3.91. The van der Waals surface area contributed by atoms with Gasteiger partial charge in [0, 0.05) is 30.9 Å². The Morgan fingerprint density at radius 3 is 2.60 bits per heavy atom. The summed E-state index contributed by atoms with van der Waals surface area (Å²) in [5.41, 5.74) is 5.72. The van der Waals surface area contributed by atoms with Gasteiger partial charge in [0.2, 0.25) is 0 Å². The van der Waals surface area contributed by atoms with Gasteiger partial charge in [-0.1, -0.05) is 11.6 Å². The number of rotatable bonds is 3. The first-order valence-electron chi connectivity index (χ1n) is 4.69. The third-order valence-electron chi connectivity index (χ3n) is 2.71. The Morgan fingerprint density at radius 1 is 1.40 bits per heavy atom. The number of hydrogen-bond acceptors (Lipinski definition) is 4. The summed E-state index contributed by atoms with van der Waals surface area (Å²) in [6.45, 7) is 2.28. The SMILES string of the molecule is NCC1(CCl)CN(c2ccc(Cl)nn2)C1. The number of anilines is 1. The van der Waals surface area contributed by atoms with Crippen LogP contribution in [0.25, 0.3) is 0 Å². The number of nitrogens with zero attached hydrogens (tertiary/aromatic N) is 3. The summed E-state index contributed by atoms with van der Waals surface area (Å²) >= 11 is 11.5. The normalized spacial score (nSPS) is 18.7. The molecule has 82 valence electrons. The summed E-state index contributed by atoms with van der Waals surface area (Å²) in [6.07, 6.45) is 0. The van der Waals surface area contributed by atoms with Gasteiger partial charge in [0.15, 0.2) is 11.0 Å². The number of halogens is 2. The van der Waals surface area contributed by atoms with Crippen molar-refractivity contribution in [3.8, 4) is 0 Å². The monoisotopic (exact) mass is 246 g/mol. The van der Waals surface area contributed by atoms with E-state index in [4.69, 9.17) is 28.9 Å². The van der Waals surface area contributed by atoms with Crippen LogP contribution in [0.3, 0.4) is 0 Å². The molecule has 1 aliphatic heterocycles. The van der Waals surface area contributed by atoms with E-state index in [1.165, 1.54) is 0 Å². The van der Waals surface area contributed by atoms with Gasteiger partial charge < -0.3 is 10.6 Å². The molecule has 15 heavy (non-hydrogen) atoms. The third kappa shape index (κ3) is 2.02. The Labute approximate surface area is 98.4 Å². The molecule has 0 aliphatic carbocycles. The van der Waals surface area contributed by atoms with Crippen LogP contribution in [-0.2, 0) is 0 Å². The molecular weight excluding hydrogens is 235 g/mol. The van der Waals surface area contributed by atoms with Gasteiger partial charge in [-0.25, -0.2) is 0 Å². The highest BCUT2D eigenvalue weighted by Gasteiger charge is 2.41. The van der Waals surface area contributed by atoms with Crippen molar-refractivity contribution >= 4 is 29.0 Å². The van der Waals surface area contributed by atoms with E-state index in [9.17, 15) is 0 Å². The summed E-state index contributed by atoms with van der Waals surface area (Å²) < 4.78 is 0. The van der Waals surface area contributed by atoms with Crippen molar-refractivity contribution in [1.82, 2.24) is 10.2 Å². The van der Waals surface area contributed by atoms with Crippen LogP contribution < -0.4 is 10.6 Å². The van der Waals surface area contributed by atoms with Crippen molar-refractivity contribution in [2.45, 2.75) is 0 Å². The minimum Gasteiger partial charge on any atom is -0.354 e. The van der Waals surface area contributed by atoms with Crippen LogP contribution in [-0.4, -0.2) is 35.7 Å². The van der Waals surface area contributed by atoms with Gasteiger partial charge in [0.05, 0.1) is 0 Å². The molecule has 1 fully saturated rings. The summed E-state index contributed by atoms with van der Waals surface area (Å²) in [6, 6.07) is 3.58. The zero-order chi connectivity index (χ0) is 10.9. The molecule has 2 rings (SSSR count). The van der Waals surface area contributed by atoms with Crippen LogP contribution in [0.5, 0.6) is 0 Å². The molecule has 4 nitrogen and oxygen atoms in total. The molecule has 0 aromatic carbocycles. The molecule has 0 amide bonds. The minimum absolute atomic E-state index is 0.0445. The molecule has 0 bridgehead atoms. The average Bonchev–Trinajstić information content (AvgIpc) is 2.20. The first kappa shape index (κ1) is 10.9. The smallest absolute Gasteiger partial charge is 0.151 e. The van der Waals surface area contributed by atoms with Gasteiger partial charge in [-0.2, -0.15) is 0 Å². The van der Waals surface area contributed by atoms with E-state index >= 15 is 0 Å². The summed E-state index contributed by atoms with van der Waals surface area (Å²) in [4.78, 5) is 2.10. The van der Waals surface area contributed by atoms with Gasteiger partial charge in [0.1, 0.15) is 0 Å². The lowest BCUT2D eigenvalue weighted by Crippen LogP contribution is -2.61. The summed E-state index contributed by atoms with van der Waals surface area (Å²) in [5.74, 6) is 1.41. The fraction of sp³-hybridized carbons (Fsp3) is 0.556. The molecule has 0 saturated carbocycles. The lowest BCUT2D eigenvalue weighted by molar-refractivity contribution is 0.257. The van der Waals surface area contributed by atoms with E-state index in [-0.39, 0.29) is 5.41 Å². The first-order chi connectivity index (χ1) is 7.19. The van der Waals surface area contributed by atoms with Crippen molar-refractivity contribution < 1.29 is 0 Å². The largest absolute Gasteiger partial charge is 0.354 e. The molecule has 0 spiro atoms. The van der Waals surface area contributed by atoms with E-state index in [1.807, 2.05) is 6.07 Å². The highest BCUT2D eigenvalue weighted by atomic mass is 35.5. The first-order valence-corrected chi connectivity index (χ1v) is 5.61.